The monoisotopic (exact) mass is 248 g/mol. The van der Waals surface area contributed by atoms with Crippen molar-refractivity contribution in [3.05, 3.63) is 22.8 Å². The minimum Gasteiger partial charge on any atom is -1.00 e. The molecule has 2 heteroatoms. The molecule has 0 aromatic rings. The summed E-state index contributed by atoms with van der Waals surface area (Å²) in [6.45, 7) is 8.74. The van der Waals surface area contributed by atoms with Crippen LogP contribution in [0.1, 0.15) is 56.2 Å². The van der Waals surface area contributed by atoms with Crippen molar-refractivity contribution in [2.75, 3.05) is 0 Å². The van der Waals surface area contributed by atoms with E-state index in [1.54, 1.807) is 0 Å². The number of carbonyl (C=O) groups excluding carboxylic acids is 1. The summed E-state index contributed by atoms with van der Waals surface area (Å²) in [4.78, 5) is 10.5. The van der Waals surface area contributed by atoms with Crippen molar-refractivity contribution in [2.45, 2.75) is 53.4 Å². The quantitative estimate of drug-likeness (QED) is 0.320. The predicted molar refractivity (Wildman–Crippen MR) is 72.7 cm³/mol. The van der Waals surface area contributed by atoms with Crippen LogP contribution in [-0.2, 0) is 4.79 Å². The van der Waals surface area contributed by atoms with Crippen molar-refractivity contribution in [1.29, 1.82) is 0 Å². The summed E-state index contributed by atoms with van der Waals surface area (Å²) >= 11 is 0. The number of allylic oxidation sites excluding steroid dienone is 4. The molecule has 88 valence electrons. The smallest absolute Gasteiger partial charge is 1.00 e. The summed E-state index contributed by atoms with van der Waals surface area (Å²) in [6, 6.07) is 0. The second kappa shape index (κ2) is 6.98. The third kappa shape index (κ3) is 4.35. The molecular formula is C14H24CaO. The Labute approximate surface area is 132 Å². The zero-order valence-electron chi connectivity index (χ0n) is 13.1. The largest absolute Gasteiger partial charge is 2.00 e. The van der Waals surface area contributed by atoms with Crippen LogP contribution in [0.5, 0.6) is 0 Å². The van der Waals surface area contributed by atoms with Crippen molar-refractivity contribution in [2.24, 2.45) is 5.41 Å². The number of hydrogen-bond donors (Lipinski definition) is 0. The maximum absolute atomic E-state index is 10.5. The van der Waals surface area contributed by atoms with E-state index in [0.29, 0.717) is 5.41 Å². The topological polar surface area (TPSA) is 17.1 Å². The molecule has 1 aliphatic rings. The number of aldehydes is 1. The van der Waals surface area contributed by atoms with Crippen LogP contribution in [0.3, 0.4) is 0 Å². The van der Waals surface area contributed by atoms with Crippen LogP contribution >= 0.6 is 0 Å². The number of hydrogen-bond acceptors (Lipinski definition) is 1. The molecular weight excluding hydrogens is 224 g/mol. The molecule has 0 aromatic heterocycles. The first kappa shape index (κ1) is 16.4. The van der Waals surface area contributed by atoms with Crippen LogP contribution in [0.2, 0.25) is 0 Å². The van der Waals surface area contributed by atoms with Gasteiger partial charge in [0, 0.05) is 0 Å². The molecule has 1 nitrogen and oxygen atoms in total. The van der Waals surface area contributed by atoms with E-state index in [2.05, 4.69) is 26.8 Å². The molecule has 1 aliphatic carbocycles. The van der Waals surface area contributed by atoms with E-state index in [9.17, 15) is 4.79 Å². The van der Waals surface area contributed by atoms with Gasteiger partial charge in [-0.3, -0.25) is 4.79 Å². The number of carbonyl (C=O) groups is 1. The molecule has 0 N–H and O–H groups in total. The van der Waals surface area contributed by atoms with Gasteiger partial charge < -0.3 is 2.85 Å². The Morgan fingerprint density at radius 2 is 2.12 bits per heavy atom. The molecule has 0 aliphatic heterocycles. The zero-order valence-corrected chi connectivity index (χ0v) is 13.3. The Morgan fingerprint density at radius 3 is 2.62 bits per heavy atom. The van der Waals surface area contributed by atoms with E-state index in [0.717, 1.165) is 18.3 Å². The predicted octanol–water partition coefficient (Wildman–Crippen LogP) is 3.89. The molecule has 1 rings (SSSR count). The summed E-state index contributed by atoms with van der Waals surface area (Å²) in [5.74, 6) is 0. The van der Waals surface area contributed by atoms with Crippen molar-refractivity contribution < 1.29 is 7.65 Å². The van der Waals surface area contributed by atoms with Gasteiger partial charge >= 0.3 is 37.7 Å². The third-order valence-corrected chi connectivity index (χ3v) is 3.50. The molecule has 0 spiro atoms. The van der Waals surface area contributed by atoms with Crippen LogP contribution in [0.25, 0.3) is 0 Å². The van der Waals surface area contributed by atoms with Gasteiger partial charge in [0.05, 0.1) is 0 Å². The standard InChI is InChI=1S/C14H22O.Ca.2H/c1-11(10-15)7-8-13-12(2)6-5-9-14(13,3)4;;;/h7,10H,5-6,8-9H2,1-4H3;;;/q;+2;2*-1. The molecule has 0 saturated heterocycles. The summed E-state index contributed by atoms with van der Waals surface area (Å²) in [7, 11) is 0. The Morgan fingerprint density at radius 1 is 1.50 bits per heavy atom. The Balaban J connectivity index is -0.000000750. The first-order chi connectivity index (χ1) is 6.97. The number of rotatable bonds is 3. The van der Waals surface area contributed by atoms with Crippen LogP contribution in [0.15, 0.2) is 22.8 Å². The van der Waals surface area contributed by atoms with E-state index in [1.165, 1.54) is 30.4 Å². The summed E-state index contributed by atoms with van der Waals surface area (Å²) in [5, 5.41) is 0. The normalized spacial score (nSPS) is 20.4. The molecule has 0 amide bonds. The Kier molecular flexibility index (Phi) is 7.16. The van der Waals surface area contributed by atoms with Gasteiger partial charge in [0.2, 0.25) is 0 Å². The molecule has 16 heavy (non-hydrogen) atoms. The molecule has 0 fully saturated rings. The van der Waals surface area contributed by atoms with Crippen molar-refractivity contribution in [1.82, 2.24) is 0 Å². The summed E-state index contributed by atoms with van der Waals surface area (Å²) in [6.07, 6.45) is 7.74. The first-order valence-corrected chi connectivity index (χ1v) is 5.78. The van der Waals surface area contributed by atoms with Crippen molar-refractivity contribution in [3.63, 3.8) is 0 Å². The van der Waals surface area contributed by atoms with Gasteiger partial charge in [-0.05, 0) is 50.5 Å². The third-order valence-electron chi connectivity index (χ3n) is 3.50. The average molecular weight is 248 g/mol. The Bertz CT molecular complexity index is 320. The van der Waals surface area contributed by atoms with E-state index < -0.39 is 0 Å². The van der Waals surface area contributed by atoms with Crippen molar-refractivity contribution in [3.8, 4) is 0 Å². The average Bonchev–Trinajstić information content (AvgIpc) is 2.15. The van der Waals surface area contributed by atoms with Gasteiger partial charge in [-0.1, -0.05) is 31.1 Å². The zero-order chi connectivity index (χ0) is 11.5. The maximum Gasteiger partial charge on any atom is 2.00 e. The summed E-state index contributed by atoms with van der Waals surface area (Å²) in [5.41, 5.74) is 4.23. The molecule has 0 radical (unpaired) electrons. The van der Waals surface area contributed by atoms with E-state index in [4.69, 9.17) is 0 Å². The Hall–Kier alpha value is 0.410. The maximum atomic E-state index is 10.5. The SMILES string of the molecule is CC(C=O)=CCC1=C(C)CCCC1(C)C.[Ca+2].[H-].[H-]. The van der Waals surface area contributed by atoms with Crippen LogP contribution in [0, 0.1) is 5.41 Å². The first-order valence-electron chi connectivity index (χ1n) is 5.78. The molecule has 0 atom stereocenters. The van der Waals surface area contributed by atoms with E-state index >= 15 is 0 Å². The van der Waals surface area contributed by atoms with Gasteiger partial charge in [0.15, 0.2) is 0 Å². The fourth-order valence-electron chi connectivity index (χ4n) is 2.44. The van der Waals surface area contributed by atoms with Gasteiger partial charge in [-0.2, -0.15) is 0 Å². The molecule has 0 heterocycles. The minimum atomic E-state index is 0. The van der Waals surface area contributed by atoms with Crippen molar-refractivity contribution >= 4 is 44.0 Å². The van der Waals surface area contributed by atoms with Crippen LogP contribution < -0.4 is 0 Å². The summed E-state index contributed by atoms with van der Waals surface area (Å²) < 4.78 is 0. The fraction of sp³-hybridized carbons (Fsp3) is 0.643. The van der Waals surface area contributed by atoms with Gasteiger partial charge in [-0.15, -0.1) is 0 Å². The van der Waals surface area contributed by atoms with Crippen LogP contribution in [0.4, 0.5) is 0 Å². The second-order valence-corrected chi connectivity index (χ2v) is 5.27. The molecule has 0 bridgehead atoms. The minimum absolute atomic E-state index is 0. The van der Waals surface area contributed by atoms with E-state index in [-0.39, 0.29) is 40.6 Å². The van der Waals surface area contributed by atoms with Gasteiger partial charge in [0.1, 0.15) is 6.29 Å². The fourth-order valence-corrected chi connectivity index (χ4v) is 2.44. The van der Waals surface area contributed by atoms with Gasteiger partial charge in [-0.25, -0.2) is 0 Å². The molecule has 0 unspecified atom stereocenters. The van der Waals surface area contributed by atoms with E-state index in [1.807, 2.05) is 6.92 Å². The second-order valence-electron chi connectivity index (χ2n) is 5.27. The molecule has 0 aromatic carbocycles. The van der Waals surface area contributed by atoms with Gasteiger partial charge in [0.25, 0.3) is 0 Å². The molecule has 0 saturated carbocycles. The van der Waals surface area contributed by atoms with Crippen LogP contribution in [-0.4, -0.2) is 44.0 Å².